The van der Waals surface area contributed by atoms with Crippen LogP contribution in [0.4, 0.5) is 0 Å². The van der Waals surface area contributed by atoms with Crippen LogP contribution in [0.25, 0.3) is 0 Å². The van der Waals surface area contributed by atoms with Crippen molar-refractivity contribution < 1.29 is 14.6 Å². The number of hydrogen-bond acceptors (Lipinski definition) is 2. The van der Waals surface area contributed by atoms with Crippen LogP contribution in [0.3, 0.4) is 0 Å². The van der Waals surface area contributed by atoms with Crippen molar-refractivity contribution in [2.75, 3.05) is 6.61 Å². The van der Waals surface area contributed by atoms with Crippen molar-refractivity contribution in [1.29, 1.82) is 0 Å². The Morgan fingerprint density at radius 3 is 2.70 bits per heavy atom. The van der Waals surface area contributed by atoms with E-state index in [1.54, 1.807) is 0 Å². The van der Waals surface area contributed by atoms with Crippen LogP contribution in [-0.2, 0) is 9.53 Å². The molecule has 0 unspecified atom stereocenters. The van der Waals surface area contributed by atoms with Crippen LogP contribution < -0.4 is 0 Å². The van der Waals surface area contributed by atoms with Crippen molar-refractivity contribution >= 4 is 5.97 Å². The third-order valence-electron chi connectivity index (χ3n) is 1.85. The number of rotatable bonds is 3. The lowest BCUT2D eigenvalue weighted by Crippen LogP contribution is -2.36. The van der Waals surface area contributed by atoms with Crippen LogP contribution in [0.15, 0.2) is 0 Å². The van der Waals surface area contributed by atoms with E-state index in [1.165, 1.54) is 0 Å². The predicted octanol–water partition coefficient (Wildman–Crippen LogP) is 0.886. The highest BCUT2D eigenvalue weighted by atomic mass is 16.5. The summed E-state index contributed by atoms with van der Waals surface area (Å²) in [5, 5.41) is 8.46. The fourth-order valence-corrected chi connectivity index (χ4v) is 1.14. The number of aliphatic carboxylic acids is 1. The van der Waals surface area contributed by atoms with Gasteiger partial charge in [-0.2, -0.15) is 0 Å². The summed E-state index contributed by atoms with van der Waals surface area (Å²) in [5.74, 6) is -0.826. The second kappa shape index (κ2) is 3.01. The summed E-state index contributed by atoms with van der Waals surface area (Å²) in [6.45, 7) is 2.62. The van der Waals surface area contributed by atoms with E-state index in [0.717, 1.165) is 0 Å². The van der Waals surface area contributed by atoms with E-state index < -0.39 is 5.97 Å². The third-order valence-corrected chi connectivity index (χ3v) is 1.85. The minimum Gasteiger partial charge on any atom is -0.481 e. The second-order valence-electron chi connectivity index (χ2n) is 2.58. The van der Waals surface area contributed by atoms with E-state index in [4.69, 9.17) is 9.84 Å². The van der Waals surface area contributed by atoms with Crippen molar-refractivity contribution in [2.24, 2.45) is 5.92 Å². The Balaban J connectivity index is 2.12. The molecule has 1 saturated carbocycles. The average Bonchev–Trinajstić information content (AvgIpc) is 1.76. The molecule has 0 bridgehead atoms. The molecule has 1 fully saturated rings. The Bertz CT molecular complexity index is 127. The Kier molecular flexibility index (Phi) is 2.27. The zero-order valence-electron chi connectivity index (χ0n) is 6.04. The molecule has 0 amide bonds. The van der Waals surface area contributed by atoms with E-state index in [0.29, 0.717) is 19.4 Å². The molecule has 0 aromatic rings. The summed E-state index contributed by atoms with van der Waals surface area (Å²) in [7, 11) is 0. The van der Waals surface area contributed by atoms with Gasteiger partial charge in [0.15, 0.2) is 0 Å². The van der Waals surface area contributed by atoms with Gasteiger partial charge in [-0.25, -0.2) is 0 Å². The maximum absolute atomic E-state index is 10.3. The molecule has 3 nitrogen and oxygen atoms in total. The highest BCUT2D eigenvalue weighted by Crippen LogP contribution is 2.29. The monoisotopic (exact) mass is 144 g/mol. The Hall–Kier alpha value is -0.570. The fraction of sp³-hybridized carbons (Fsp3) is 0.857. The lowest BCUT2D eigenvalue weighted by Gasteiger charge is -2.31. The molecule has 0 aliphatic heterocycles. The van der Waals surface area contributed by atoms with E-state index in [2.05, 4.69) is 0 Å². The topological polar surface area (TPSA) is 46.5 Å². The van der Waals surface area contributed by atoms with Crippen molar-refractivity contribution in [3.05, 3.63) is 0 Å². The largest absolute Gasteiger partial charge is 0.481 e. The van der Waals surface area contributed by atoms with Crippen molar-refractivity contribution in [1.82, 2.24) is 0 Å². The molecule has 0 radical (unpaired) electrons. The van der Waals surface area contributed by atoms with Gasteiger partial charge in [-0.1, -0.05) is 0 Å². The van der Waals surface area contributed by atoms with Gasteiger partial charge in [0, 0.05) is 6.61 Å². The first-order chi connectivity index (χ1) is 4.74. The molecule has 10 heavy (non-hydrogen) atoms. The maximum atomic E-state index is 10.3. The third kappa shape index (κ3) is 1.48. The molecular weight excluding hydrogens is 132 g/mol. The summed E-state index contributed by atoms with van der Waals surface area (Å²) < 4.78 is 5.19. The molecule has 58 valence electrons. The quantitative estimate of drug-likeness (QED) is 0.639. The molecule has 0 atom stereocenters. The van der Waals surface area contributed by atoms with Gasteiger partial charge in [0.05, 0.1) is 12.0 Å². The standard InChI is InChI=1S/C7H12O3/c1-2-10-6-3-5(4-6)7(8)9/h5-6H,2-4H2,1H3,(H,8,9). The minimum absolute atomic E-state index is 0.142. The maximum Gasteiger partial charge on any atom is 0.306 e. The zero-order chi connectivity index (χ0) is 7.56. The summed E-state index contributed by atoms with van der Waals surface area (Å²) in [6.07, 6.45) is 1.61. The number of ether oxygens (including phenoxy) is 1. The molecule has 3 heteroatoms. The van der Waals surface area contributed by atoms with Gasteiger partial charge in [-0.15, -0.1) is 0 Å². The minimum atomic E-state index is -0.684. The number of carboxylic acids is 1. The van der Waals surface area contributed by atoms with E-state index >= 15 is 0 Å². The molecule has 0 aromatic carbocycles. The van der Waals surface area contributed by atoms with Gasteiger partial charge in [0.1, 0.15) is 0 Å². The lowest BCUT2D eigenvalue weighted by molar-refractivity contribution is -0.150. The molecular formula is C7H12O3. The van der Waals surface area contributed by atoms with Crippen LogP contribution in [0.1, 0.15) is 19.8 Å². The van der Waals surface area contributed by atoms with E-state index in [-0.39, 0.29) is 12.0 Å². The normalized spacial score (nSPS) is 31.3. The predicted molar refractivity (Wildman–Crippen MR) is 35.8 cm³/mol. The summed E-state index contributed by atoms with van der Waals surface area (Å²) in [5.41, 5.74) is 0. The van der Waals surface area contributed by atoms with Gasteiger partial charge in [-0.05, 0) is 19.8 Å². The van der Waals surface area contributed by atoms with Crippen molar-refractivity contribution in [2.45, 2.75) is 25.9 Å². The molecule has 1 rings (SSSR count). The van der Waals surface area contributed by atoms with Crippen LogP contribution in [0.2, 0.25) is 0 Å². The number of carboxylic acid groups (broad SMARTS) is 1. The highest BCUT2D eigenvalue weighted by Gasteiger charge is 2.34. The molecule has 0 spiro atoms. The summed E-state index contributed by atoms with van der Waals surface area (Å²) >= 11 is 0. The van der Waals surface area contributed by atoms with Crippen molar-refractivity contribution in [3.63, 3.8) is 0 Å². The molecule has 1 aliphatic rings. The van der Waals surface area contributed by atoms with Gasteiger partial charge in [0.25, 0.3) is 0 Å². The van der Waals surface area contributed by atoms with Gasteiger partial charge in [-0.3, -0.25) is 4.79 Å². The van der Waals surface area contributed by atoms with E-state index in [1.807, 2.05) is 6.92 Å². The summed E-state index contributed by atoms with van der Waals surface area (Å²) in [6, 6.07) is 0. The fourth-order valence-electron chi connectivity index (χ4n) is 1.14. The zero-order valence-corrected chi connectivity index (χ0v) is 6.04. The molecule has 0 aromatic heterocycles. The molecule has 1 aliphatic carbocycles. The Labute approximate surface area is 60.0 Å². The van der Waals surface area contributed by atoms with Crippen LogP contribution in [0.5, 0.6) is 0 Å². The van der Waals surface area contributed by atoms with Crippen LogP contribution in [0, 0.1) is 5.92 Å². The first-order valence-electron chi connectivity index (χ1n) is 3.58. The molecule has 1 N–H and O–H groups in total. The Morgan fingerprint density at radius 1 is 1.70 bits per heavy atom. The molecule has 0 heterocycles. The Morgan fingerprint density at radius 2 is 2.30 bits per heavy atom. The van der Waals surface area contributed by atoms with Gasteiger partial charge < -0.3 is 9.84 Å². The highest BCUT2D eigenvalue weighted by molar-refractivity contribution is 5.71. The van der Waals surface area contributed by atoms with Crippen molar-refractivity contribution in [3.8, 4) is 0 Å². The first-order valence-corrected chi connectivity index (χ1v) is 3.58. The van der Waals surface area contributed by atoms with Crippen LogP contribution >= 0.6 is 0 Å². The van der Waals surface area contributed by atoms with E-state index in [9.17, 15) is 4.79 Å². The van der Waals surface area contributed by atoms with Gasteiger partial charge >= 0.3 is 5.97 Å². The molecule has 0 saturated heterocycles. The average molecular weight is 144 g/mol. The van der Waals surface area contributed by atoms with Gasteiger partial charge in [0.2, 0.25) is 0 Å². The smallest absolute Gasteiger partial charge is 0.306 e. The summed E-state index contributed by atoms with van der Waals surface area (Å²) in [4.78, 5) is 10.3. The number of hydrogen-bond donors (Lipinski definition) is 1. The lowest BCUT2D eigenvalue weighted by atomic mass is 9.82. The first kappa shape index (κ1) is 7.54. The number of carbonyl (C=O) groups is 1. The second-order valence-corrected chi connectivity index (χ2v) is 2.58. The SMILES string of the molecule is CCOC1CC(C(=O)O)C1. The van der Waals surface area contributed by atoms with Crippen LogP contribution in [-0.4, -0.2) is 23.8 Å².